The third-order valence-corrected chi connectivity index (χ3v) is 3.25. The summed E-state index contributed by atoms with van der Waals surface area (Å²) in [7, 11) is 0. The first-order chi connectivity index (χ1) is 7.90. The van der Waals surface area contributed by atoms with Gasteiger partial charge in [0.05, 0.1) is 25.2 Å². The van der Waals surface area contributed by atoms with Crippen LogP contribution in [0.15, 0.2) is 0 Å². The van der Waals surface area contributed by atoms with Crippen molar-refractivity contribution in [3.05, 3.63) is 0 Å². The molecular formula is C9H11NO7. The van der Waals surface area contributed by atoms with E-state index in [1.807, 2.05) is 0 Å². The summed E-state index contributed by atoms with van der Waals surface area (Å²) >= 11 is 0. The molecule has 1 saturated carbocycles. The van der Waals surface area contributed by atoms with Crippen molar-refractivity contribution in [2.75, 3.05) is 13.2 Å². The second-order valence-corrected chi connectivity index (χ2v) is 4.19. The van der Waals surface area contributed by atoms with Crippen molar-refractivity contribution in [1.82, 2.24) is 5.32 Å². The maximum Gasteiger partial charge on any atom is 0.326 e. The molecule has 8 heteroatoms. The van der Waals surface area contributed by atoms with Crippen LogP contribution in [-0.2, 0) is 19.1 Å². The maximum atomic E-state index is 11.2. The van der Waals surface area contributed by atoms with Gasteiger partial charge in [0.25, 0.3) is 0 Å². The van der Waals surface area contributed by atoms with E-state index >= 15 is 0 Å². The first-order valence-electron chi connectivity index (χ1n) is 4.95. The van der Waals surface area contributed by atoms with Crippen molar-refractivity contribution in [2.24, 2.45) is 11.8 Å². The quantitative estimate of drug-likeness (QED) is 0.446. The molecule has 0 aromatic carbocycles. The lowest BCUT2D eigenvalue weighted by Crippen LogP contribution is -2.57. The average Bonchev–Trinajstić information content (AvgIpc) is 2.83. The minimum absolute atomic E-state index is 0.214. The summed E-state index contributed by atoms with van der Waals surface area (Å²) in [6.45, 7) is -0.764. The van der Waals surface area contributed by atoms with Gasteiger partial charge in [-0.3, -0.25) is 19.7 Å². The molecule has 4 unspecified atom stereocenters. The first-order valence-corrected chi connectivity index (χ1v) is 4.95. The van der Waals surface area contributed by atoms with Crippen LogP contribution in [0.4, 0.5) is 0 Å². The molecule has 0 radical (unpaired) electrons. The largest absolute Gasteiger partial charge is 0.481 e. The monoisotopic (exact) mass is 245 g/mol. The summed E-state index contributed by atoms with van der Waals surface area (Å²) in [5.74, 6) is -5.20. The molecule has 1 aliphatic heterocycles. The van der Waals surface area contributed by atoms with Crippen LogP contribution in [0.3, 0.4) is 0 Å². The molecule has 0 bridgehead atoms. The molecule has 1 saturated heterocycles. The van der Waals surface area contributed by atoms with Crippen LogP contribution in [0, 0.1) is 11.8 Å². The van der Waals surface area contributed by atoms with Crippen LogP contribution in [0.1, 0.15) is 0 Å². The van der Waals surface area contributed by atoms with Crippen molar-refractivity contribution in [2.45, 2.75) is 11.6 Å². The predicted molar refractivity (Wildman–Crippen MR) is 50.4 cm³/mol. The van der Waals surface area contributed by atoms with E-state index in [4.69, 9.17) is 20.1 Å². The highest BCUT2D eigenvalue weighted by Crippen LogP contribution is 2.54. The highest BCUT2D eigenvalue weighted by Gasteiger charge is 2.73. The second kappa shape index (κ2) is 3.67. The van der Waals surface area contributed by atoms with Crippen molar-refractivity contribution in [1.29, 1.82) is 0 Å². The number of nitrogens with one attached hydrogen (secondary N) is 1. The third-order valence-electron chi connectivity index (χ3n) is 3.25. The number of rotatable bonds is 5. The molecule has 4 atom stereocenters. The van der Waals surface area contributed by atoms with Crippen molar-refractivity contribution in [3.63, 3.8) is 0 Å². The minimum Gasteiger partial charge on any atom is -0.481 e. The molecule has 2 aliphatic rings. The van der Waals surface area contributed by atoms with Crippen LogP contribution in [0.25, 0.3) is 0 Å². The maximum absolute atomic E-state index is 11.2. The Morgan fingerprint density at radius 1 is 1.29 bits per heavy atom. The lowest BCUT2D eigenvalue weighted by molar-refractivity contribution is -0.149. The zero-order valence-electron chi connectivity index (χ0n) is 8.62. The van der Waals surface area contributed by atoms with Gasteiger partial charge in [-0.15, -0.1) is 0 Å². The molecule has 4 N–H and O–H groups in total. The molecule has 0 amide bonds. The average molecular weight is 245 g/mol. The Bertz CT molecular complexity index is 395. The van der Waals surface area contributed by atoms with Gasteiger partial charge in [-0.25, -0.2) is 0 Å². The highest BCUT2D eigenvalue weighted by atomic mass is 16.5. The van der Waals surface area contributed by atoms with Gasteiger partial charge in [0.1, 0.15) is 5.54 Å². The number of hydrogen-bond acceptors (Lipinski definition) is 5. The fourth-order valence-electron chi connectivity index (χ4n) is 2.38. The molecule has 0 aromatic rings. The number of fused-ring (bicyclic) bond motifs is 1. The number of ether oxygens (including phenoxy) is 1. The SMILES string of the molecule is O=C(O)CNC1(C(=O)O)COC2C(C(=O)O)C21. The van der Waals surface area contributed by atoms with Crippen LogP contribution >= 0.6 is 0 Å². The molecule has 17 heavy (non-hydrogen) atoms. The Hall–Kier alpha value is -1.67. The summed E-state index contributed by atoms with van der Waals surface area (Å²) < 4.78 is 5.09. The fraction of sp³-hybridized carbons (Fsp3) is 0.667. The lowest BCUT2D eigenvalue weighted by atomic mass is 9.93. The lowest BCUT2D eigenvalue weighted by Gasteiger charge is -2.26. The summed E-state index contributed by atoms with van der Waals surface area (Å²) in [6.07, 6.45) is -0.634. The van der Waals surface area contributed by atoms with Gasteiger partial charge in [-0.2, -0.15) is 0 Å². The van der Waals surface area contributed by atoms with Gasteiger partial charge >= 0.3 is 17.9 Å². The summed E-state index contributed by atoms with van der Waals surface area (Å²) in [5, 5.41) is 28.9. The number of carboxylic acids is 3. The zero-order valence-corrected chi connectivity index (χ0v) is 8.62. The van der Waals surface area contributed by atoms with Gasteiger partial charge in [0, 0.05) is 5.92 Å². The van der Waals surface area contributed by atoms with E-state index in [9.17, 15) is 14.4 Å². The van der Waals surface area contributed by atoms with Gasteiger partial charge in [0.2, 0.25) is 0 Å². The normalized spacial score (nSPS) is 38.5. The van der Waals surface area contributed by atoms with Gasteiger partial charge < -0.3 is 20.1 Å². The molecular weight excluding hydrogens is 234 g/mol. The summed E-state index contributed by atoms with van der Waals surface area (Å²) in [6, 6.07) is 0. The van der Waals surface area contributed by atoms with E-state index in [-0.39, 0.29) is 6.61 Å². The standard InChI is InChI=1S/C9H11NO7/c11-3(12)1-10-9(8(15)16)2-17-6-4(5(6)9)7(13)14/h4-6,10H,1-2H2,(H,11,12)(H,13,14)(H,15,16). The third kappa shape index (κ3) is 1.65. The summed E-state index contributed by atoms with van der Waals surface area (Å²) in [4.78, 5) is 32.5. The molecule has 1 aliphatic carbocycles. The molecule has 0 aromatic heterocycles. The van der Waals surface area contributed by atoms with E-state index < -0.39 is 47.9 Å². The van der Waals surface area contributed by atoms with Gasteiger partial charge in [0.15, 0.2) is 0 Å². The van der Waals surface area contributed by atoms with Crippen LogP contribution in [0.5, 0.6) is 0 Å². The number of carboxylic acid groups (broad SMARTS) is 3. The minimum atomic E-state index is -1.61. The molecule has 8 nitrogen and oxygen atoms in total. The van der Waals surface area contributed by atoms with Gasteiger partial charge in [-0.1, -0.05) is 0 Å². The molecule has 1 heterocycles. The fourth-order valence-corrected chi connectivity index (χ4v) is 2.38. The smallest absolute Gasteiger partial charge is 0.326 e. The molecule has 0 spiro atoms. The second-order valence-electron chi connectivity index (χ2n) is 4.19. The Labute approximate surface area is 95.2 Å². The Morgan fingerprint density at radius 3 is 2.35 bits per heavy atom. The molecule has 2 rings (SSSR count). The predicted octanol–water partition coefficient (Wildman–Crippen LogP) is -1.79. The Balaban J connectivity index is 2.16. The number of aliphatic carboxylic acids is 3. The zero-order chi connectivity index (χ0) is 12.8. The van der Waals surface area contributed by atoms with E-state index in [2.05, 4.69) is 5.32 Å². The van der Waals surface area contributed by atoms with E-state index in [1.165, 1.54) is 0 Å². The van der Waals surface area contributed by atoms with E-state index in [1.54, 1.807) is 0 Å². The van der Waals surface area contributed by atoms with Gasteiger partial charge in [-0.05, 0) is 0 Å². The van der Waals surface area contributed by atoms with Crippen molar-refractivity contribution < 1.29 is 34.4 Å². The van der Waals surface area contributed by atoms with Crippen LogP contribution in [0.2, 0.25) is 0 Å². The van der Waals surface area contributed by atoms with Crippen molar-refractivity contribution >= 4 is 17.9 Å². The van der Waals surface area contributed by atoms with Crippen LogP contribution < -0.4 is 5.32 Å². The number of hydrogen-bond donors (Lipinski definition) is 4. The van der Waals surface area contributed by atoms with E-state index in [0.717, 1.165) is 0 Å². The van der Waals surface area contributed by atoms with E-state index in [0.29, 0.717) is 0 Å². The Morgan fingerprint density at radius 2 is 1.94 bits per heavy atom. The molecule has 2 fully saturated rings. The van der Waals surface area contributed by atoms with Crippen LogP contribution in [-0.4, -0.2) is 58.0 Å². The topological polar surface area (TPSA) is 133 Å². The number of carbonyl (C=O) groups is 3. The first kappa shape index (κ1) is 11.8. The molecule has 94 valence electrons. The highest BCUT2D eigenvalue weighted by molar-refractivity contribution is 5.86. The summed E-state index contributed by atoms with van der Waals surface area (Å²) in [5.41, 5.74) is -1.61. The van der Waals surface area contributed by atoms with Crippen molar-refractivity contribution in [3.8, 4) is 0 Å². The Kier molecular flexibility index (Phi) is 2.55.